The van der Waals surface area contributed by atoms with E-state index in [0.29, 0.717) is 12.6 Å². The topological polar surface area (TPSA) is 56.3 Å². The summed E-state index contributed by atoms with van der Waals surface area (Å²) in [6.45, 7) is 4.58. The predicted molar refractivity (Wildman–Crippen MR) is 64.5 cm³/mol. The lowest BCUT2D eigenvalue weighted by Crippen LogP contribution is -2.47. The van der Waals surface area contributed by atoms with Gasteiger partial charge in [0.25, 0.3) is 0 Å². The maximum atomic E-state index is 5.93. The molecule has 17 heavy (non-hydrogen) atoms. The number of hydrogen-bond acceptors (Lipinski definition) is 4. The van der Waals surface area contributed by atoms with Gasteiger partial charge >= 0.3 is 0 Å². The van der Waals surface area contributed by atoms with E-state index in [1.54, 1.807) is 0 Å². The second-order valence-corrected chi connectivity index (χ2v) is 4.99. The van der Waals surface area contributed by atoms with E-state index < -0.39 is 0 Å². The fraction of sp³-hybridized carbons (Fsp3) is 0.750. The smallest absolute Gasteiger partial charge is 0.0949 e. The van der Waals surface area contributed by atoms with Gasteiger partial charge in [-0.1, -0.05) is 0 Å². The molecule has 2 atom stereocenters. The summed E-state index contributed by atoms with van der Waals surface area (Å²) in [6.07, 6.45) is 6.58. The summed E-state index contributed by atoms with van der Waals surface area (Å²) in [5, 5.41) is 0. The van der Waals surface area contributed by atoms with Crippen molar-refractivity contribution in [3.63, 3.8) is 0 Å². The van der Waals surface area contributed by atoms with Gasteiger partial charge in [-0.15, -0.1) is 0 Å². The highest BCUT2D eigenvalue weighted by Gasteiger charge is 2.32. The van der Waals surface area contributed by atoms with Crippen molar-refractivity contribution in [3.05, 3.63) is 18.2 Å². The van der Waals surface area contributed by atoms with Crippen LogP contribution in [0.5, 0.6) is 0 Å². The van der Waals surface area contributed by atoms with Crippen LogP contribution in [-0.4, -0.2) is 46.3 Å². The first kappa shape index (κ1) is 11.2. The highest BCUT2D eigenvalue weighted by Crippen LogP contribution is 2.23. The fourth-order valence-electron chi connectivity index (χ4n) is 2.90. The lowest BCUT2D eigenvalue weighted by Gasteiger charge is -2.35. The van der Waals surface area contributed by atoms with Crippen LogP contribution >= 0.6 is 0 Å². The first-order valence-electron chi connectivity index (χ1n) is 6.41. The van der Waals surface area contributed by atoms with Crippen LogP contribution in [0.3, 0.4) is 0 Å². The third-order valence-corrected chi connectivity index (χ3v) is 3.87. The van der Waals surface area contributed by atoms with Crippen molar-refractivity contribution in [3.8, 4) is 0 Å². The molecule has 2 fully saturated rings. The summed E-state index contributed by atoms with van der Waals surface area (Å²) < 4.78 is 8.05. The van der Waals surface area contributed by atoms with Crippen molar-refractivity contribution in [2.24, 2.45) is 5.73 Å². The molecule has 0 bridgehead atoms. The van der Waals surface area contributed by atoms with Crippen molar-refractivity contribution < 1.29 is 4.74 Å². The molecule has 0 aliphatic carbocycles. The Morgan fingerprint density at radius 1 is 1.53 bits per heavy atom. The van der Waals surface area contributed by atoms with E-state index in [1.807, 2.05) is 12.5 Å². The molecule has 2 saturated heterocycles. The molecular weight excluding hydrogens is 216 g/mol. The van der Waals surface area contributed by atoms with Crippen molar-refractivity contribution in [2.45, 2.75) is 38.1 Å². The molecule has 5 nitrogen and oxygen atoms in total. The lowest BCUT2D eigenvalue weighted by atomic mass is 10.2. The molecule has 0 saturated carbocycles. The molecule has 3 rings (SSSR count). The first-order chi connectivity index (χ1) is 8.36. The molecule has 1 aromatic heterocycles. The number of hydrogen-bond donors (Lipinski definition) is 1. The van der Waals surface area contributed by atoms with Crippen molar-refractivity contribution in [1.82, 2.24) is 14.5 Å². The van der Waals surface area contributed by atoms with Crippen molar-refractivity contribution >= 4 is 0 Å². The molecule has 0 aromatic carbocycles. The number of rotatable bonds is 3. The van der Waals surface area contributed by atoms with Gasteiger partial charge in [-0.25, -0.2) is 4.98 Å². The van der Waals surface area contributed by atoms with Crippen LogP contribution in [0.25, 0.3) is 0 Å². The van der Waals surface area contributed by atoms with Gasteiger partial charge < -0.3 is 15.0 Å². The zero-order valence-electron chi connectivity index (χ0n) is 10.1. The normalized spacial score (nSPS) is 29.5. The molecule has 0 radical (unpaired) electrons. The fourth-order valence-corrected chi connectivity index (χ4v) is 2.90. The summed E-state index contributed by atoms with van der Waals surface area (Å²) >= 11 is 0. The zero-order chi connectivity index (χ0) is 11.7. The number of nitrogens with zero attached hydrogens (tertiary/aromatic N) is 3. The van der Waals surface area contributed by atoms with E-state index in [1.165, 1.54) is 19.4 Å². The minimum absolute atomic E-state index is 0.281. The van der Waals surface area contributed by atoms with Gasteiger partial charge in [-0.05, 0) is 19.4 Å². The Morgan fingerprint density at radius 3 is 3.35 bits per heavy atom. The van der Waals surface area contributed by atoms with E-state index in [-0.39, 0.29) is 6.10 Å². The highest BCUT2D eigenvalue weighted by atomic mass is 16.5. The van der Waals surface area contributed by atoms with Crippen LogP contribution in [-0.2, 0) is 17.8 Å². The number of imidazole rings is 1. The van der Waals surface area contributed by atoms with Gasteiger partial charge in [0.1, 0.15) is 0 Å². The molecule has 5 heteroatoms. The number of aromatic nitrogens is 2. The van der Waals surface area contributed by atoms with Crippen LogP contribution < -0.4 is 5.73 Å². The van der Waals surface area contributed by atoms with Crippen molar-refractivity contribution in [1.29, 1.82) is 0 Å². The molecule has 2 N–H and O–H groups in total. The Kier molecular flexibility index (Phi) is 3.13. The molecule has 94 valence electrons. The average molecular weight is 236 g/mol. The van der Waals surface area contributed by atoms with Crippen LogP contribution in [0.15, 0.2) is 12.5 Å². The molecule has 2 aliphatic rings. The molecule has 1 aromatic rings. The minimum Gasteiger partial charge on any atom is -0.373 e. The quantitative estimate of drug-likeness (QED) is 0.815. The van der Waals surface area contributed by atoms with Gasteiger partial charge in [0.05, 0.1) is 31.3 Å². The highest BCUT2D eigenvalue weighted by molar-refractivity contribution is 4.98. The number of fused-ring (bicyclic) bond motifs is 1. The number of nitrogens with two attached hydrogens (primary N) is 1. The molecule has 0 amide bonds. The van der Waals surface area contributed by atoms with Gasteiger partial charge in [-0.3, -0.25) is 4.90 Å². The SMILES string of the molecule is NCc1cncn1CC1CN2CCCC2CO1. The zero-order valence-corrected chi connectivity index (χ0v) is 10.1. The monoisotopic (exact) mass is 236 g/mol. The summed E-state index contributed by atoms with van der Waals surface area (Å²) in [6, 6.07) is 0.669. The first-order valence-corrected chi connectivity index (χ1v) is 6.41. The molecular formula is C12H20N4O. The Morgan fingerprint density at radius 2 is 2.47 bits per heavy atom. The Balaban J connectivity index is 1.62. The van der Waals surface area contributed by atoms with E-state index >= 15 is 0 Å². The molecule has 2 aliphatic heterocycles. The summed E-state index contributed by atoms with van der Waals surface area (Å²) in [5.74, 6) is 0. The maximum Gasteiger partial charge on any atom is 0.0949 e. The Labute approximate surface area is 102 Å². The summed E-state index contributed by atoms with van der Waals surface area (Å²) in [7, 11) is 0. The summed E-state index contributed by atoms with van der Waals surface area (Å²) in [4.78, 5) is 6.70. The van der Waals surface area contributed by atoms with Crippen LogP contribution in [0.1, 0.15) is 18.5 Å². The summed E-state index contributed by atoms with van der Waals surface area (Å²) in [5.41, 5.74) is 6.75. The van der Waals surface area contributed by atoms with E-state index in [9.17, 15) is 0 Å². The van der Waals surface area contributed by atoms with Gasteiger partial charge in [-0.2, -0.15) is 0 Å². The van der Waals surface area contributed by atoms with E-state index in [4.69, 9.17) is 10.5 Å². The number of morpholine rings is 1. The third kappa shape index (κ3) is 2.22. The largest absolute Gasteiger partial charge is 0.373 e. The van der Waals surface area contributed by atoms with E-state index in [0.717, 1.165) is 25.4 Å². The Hall–Kier alpha value is -0.910. The second kappa shape index (κ2) is 4.76. The maximum absolute atomic E-state index is 5.93. The molecule has 2 unspecified atom stereocenters. The molecule has 0 spiro atoms. The van der Waals surface area contributed by atoms with Gasteiger partial charge in [0.2, 0.25) is 0 Å². The Bertz CT molecular complexity index is 378. The van der Waals surface area contributed by atoms with Crippen LogP contribution in [0, 0.1) is 0 Å². The second-order valence-electron chi connectivity index (χ2n) is 4.99. The van der Waals surface area contributed by atoms with Crippen LogP contribution in [0.2, 0.25) is 0 Å². The average Bonchev–Trinajstić information content (AvgIpc) is 2.96. The van der Waals surface area contributed by atoms with Gasteiger partial charge in [0, 0.05) is 25.3 Å². The van der Waals surface area contributed by atoms with E-state index in [2.05, 4.69) is 14.5 Å². The van der Waals surface area contributed by atoms with Crippen LogP contribution in [0.4, 0.5) is 0 Å². The number of ether oxygens (including phenoxy) is 1. The minimum atomic E-state index is 0.281. The molecule has 3 heterocycles. The van der Waals surface area contributed by atoms with Gasteiger partial charge in [0.15, 0.2) is 0 Å². The predicted octanol–water partition coefficient (Wildman–Crippen LogP) is 0.205. The van der Waals surface area contributed by atoms with Crippen molar-refractivity contribution in [2.75, 3.05) is 19.7 Å². The standard InChI is InChI=1S/C12H20N4O/c13-4-11-5-14-9-16(11)7-12-6-15-3-1-2-10(15)8-17-12/h5,9-10,12H,1-4,6-8,13H2. The third-order valence-electron chi connectivity index (χ3n) is 3.87. The lowest BCUT2D eigenvalue weighted by molar-refractivity contribution is -0.0554.